The molecule has 0 spiro atoms. The molecule has 4 heteroatoms. The predicted octanol–water partition coefficient (Wildman–Crippen LogP) is 3.35. The number of rotatable bonds is 2. The Balaban J connectivity index is 2.39. The first-order valence-electron chi connectivity index (χ1n) is 4.93. The van der Waals surface area contributed by atoms with Crippen LogP contribution in [0.1, 0.15) is 10.4 Å². The Bertz CT molecular complexity index is 566. The second-order valence-corrected chi connectivity index (χ2v) is 4.42. The van der Waals surface area contributed by atoms with Gasteiger partial charge in [-0.25, -0.2) is 4.39 Å². The van der Waals surface area contributed by atoms with Gasteiger partial charge < -0.3 is 5.73 Å². The third-order valence-electron chi connectivity index (χ3n) is 2.42. The second-order valence-electron chi connectivity index (χ2n) is 3.57. The maximum absolute atomic E-state index is 13.4. The van der Waals surface area contributed by atoms with Gasteiger partial charge in [0.05, 0.1) is 4.47 Å². The van der Waals surface area contributed by atoms with E-state index >= 15 is 0 Å². The Morgan fingerprint density at radius 3 is 2.18 bits per heavy atom. The van der Waals surface area contributed by atoms with Crippen LogP contribution in [0.25, 0.3) is 11.1 Å². The van der Waals surface area contributed by atoms with Gasteiger partial charge in [0.25, 0.3) is 0 Å². The minimum Gasteiger partial charge on any atom is -0.366 e. The van der Waals surface area contributed by atoms with Gasteiger partial charge in [-0.15, -0.1) is 0 Å². The van der Waals surface area contributed by atoms with Crippen LogP contribution in [0, 0.1) is 5.82 Å². The molecule has 0 saturated carbocycles. The molecule has 86 valence electrons. The summed E-state index contributed by atoms with van der Waals surface area (Å²) in [6.07, 6.45) is 0. The van der Waals surface area contributed by atoms with Crippen LogP contribution < -0.4 is 5.73 Å². The molecule has 1 amide bonds. The van der Waals surface area contributed by atoms with Crippen LogP contribution in [-0.2, 0) is 0 Å². The van der Waals surface area contributed by atoms with Crippen LogP contribution in [0.2, 0.25) is 0 Å². The van der Waals surface area contributed by atoms with Gasteiger partial charge in [0.2, 0.25) is 5.91 Å². The predicted molar refractivity (Wildman–Crippen MR) is 68.1 cm³/mol. The van der Waals surface area contributed by atoms with E-state index in [0.717, 1.165) is 11.1 Å². The standard InChI is InChI=1S/C13H9BrFNO/c14-11-6-5-10(7-12(11)15)8-1-3-9(4-2-8)13(16)17/h1-7H,(H2,16,17). The van der Waals surface area contributed by atoms with Crippen LogP contribution in [0.4, 0.5) is 4.39 Å². The summed E-state index contributed by atoms with van der Waals surface area (Å²) >= 11 is 3.10. The fraction of sp³-hybridized carbons (Fsp3) is 0. The Hall–Kier alpha value is -1.68. The number of primary amides is 1. The molecule has 0 heterocycles. The lowest BCUT2D eigenvalue weighted by atomic mass is 10.0. The highest BCUT2D eigenvalue weighted by molar-refractivity contribution is 9.10. The van der Waals surface area contributed by atoms with Crippen LogP contribution >= 0.6 is 15.9 Å². The minimum atomic E-state index is -0.474. The summed E-state index contributed by atoms with van der Waals surface area (Å²) in [5, 5.41) is 0. The molecule has 0 aliphatic heterocycles. The SMILES string of the molecule is NC(=O)c1ccc(-c2ccc(Br)c(F)c2)cc1. The number of hydrogen-bond donors (Lipinski definition) is 1. The average molecular weight is 294 g/mol. The highest BCUT2D eigenvalue weighted by Gasteiger charge is 2.04. The van der Waals surface area contributed by atoms with Gasteiger partial charge >= 0.3 is 0 Å². The maximum atomic E-state index is 13.4. The summed E-state index contributed by atoms with van der Waals surface area (Å²) < 4.78 is 13.8. The van der Waals surface area contributed by atoms with Gasteiger partial charge in [-0.1, -0.05) is 18.2 Å². The van der Waals surface area contributed by atoms with E-state index in [1.54, 1.807) is 36.4 Å². The normalized spacial score (nSPS) is 10.2. The summed E-state index contributed by atoms with van der Waals surface area (Å²) in [5.74, 6) is -0.792. The van der Waals surface area contributed by atoms with Crippen molar-refractivity contribution < 1.29 is 9.18 Å². The summed E-state index contributed by atoms with van der Waals surface area (Å²) in [5.41, 5.74) is 7.16. The first-order valence-corrected chi connectivity index (χ1v) is 5.72. The number of halogens is 2. The third-order valence-corrected chi connectivity index (χ3v) is 3.07. The number of amides is 1. The average Bonchev–Trinajstić information content (AvgIpc) is 2.33. The van der Waals surface area contributed by atoms with Crippen molar-refractivity contribution in [2.45, 2.75) is 0 Å². The minimum absolute atomic E-state index is 0.318. The molecule has 0 atom stereocenters. The molecule has 0 aromatic heterocycles. The van der Waals surface area contributed by atoms with E-state index in [0.29, 0.717) is 10.0 Å². The van der Waals surface area contributed by atoms with Crippen molar-refractivity contribution in [3.63, 3.8) is 0 Å². The third kappa shape index (κ3) is 2.53. The number of benzene rings is 2. The van der Waals surface area contributed by atoms with E-state index in [2.05, 4.69) is 15.9 Å². The Morgan fingerprint density at radius 2 is 1.65 bits per heavy atom. The molecule has 17 heavy (non-hydrogen) atoms. The molecule has 0 aliphatic carbocycles. The highest BCUT2D eigenvalue weighted by atomic mass is 79.9. The summed E-state index contributed by atoms with van der Waals surface area (Å²) in [6, 6.07) is 11.6. The van der Waals surface area contributed by atoms with Gasteiger partial charge in [-0.05, 0) is 51.3 Å². The van der Waals surface area contributed by atoms with Crippen LogP contribution in [-0.4, -0.2) is 5.91 Å². The fourth-order valence-electron chi connectivity index (χ4n) is 1.50. The number of nitrogens with two attached hydrogens (primary N) is 1. The lowest BCUT2D eigenvalue weighted by molar-refractivity contribution is 0.100. The smallest absolute Gasteiger partial charge is 0.248 e. The number of carbonyl (C=O) groups excluding carboxylic acids is 1. The van der Waals surface area contributed by atoms with Crippen molar-refractivity contribution in [1.29, 1.82) is 0 Å². The summed E-state index contributed by atoms with van der Waals surface area (Å²) in [6.45, 7) is 0. The van der Waals surface area contributed by atoms with E-state index < -0.39 is 5.91 Å². The molecule has 0 saturated heterocycles. The van der Waals surface area contributed by atoms with Gasteiger partial charge in [0.15, 0.2) is 0 Å². The molecule has 2 aromatic rings. The van der Waals surface area contributed by atoms with Gasteiger partial charge in [0, 0.05) is 5.56 Å². The molecule has 0 bridgehead atoms. The van der Waals surface area contributed by atoms with Crippen molar-refractivity contribution in [3.05, 3.63) is 58.3 Å². The van der Waals surface area contributed by atoms with E-state index in [1.807, 2.05) is 0 Å². The van der Waals surface area contributed by atoms with Gasteiger partial charge in [0.1, 0.15) is 5.82 Å². The zero-order chi connectivity index (χ0) is 12.4. The summed E-state index contributed by atoms with van der Waals surface area (Å²) in [7, 11) is 0. The molecule has 0 aliphatic rings. The van der Waals surface area contributed by atoms with Crippen molar-refractivity contribution in [2.75, 3.05) is 0 Å². The molecular formula is C13H9BrFNO. The van der Waals surface area contributed by atoms with Crippen LogP contribution in [0.5, 0.6) is 0 Å². The first kappa shape index (κ1) is 11.8. The van der Waals surface area contributed by atoms with Crippen molar-refractivity contribution >= 4 is 21.8 Å². The molecule has 0 fully saturated rings. The van der Waals surface area contributed by atoms with E-state index in [1.165, 1.54) is 6.07 Å². The number of carbonyl (C=O) groups is 1. The summed E-state index contributed by atoms with van der Waals surface area (Å²) in [4.78, 5) is 10.9. The molecule has 2 aromatic carbocycles. The van der Waals surface area contributed by atoms with Crippen LogP contribution in [0.3, 0.4) is 0 Å². The quantitative estimate of drug-likeness (QED) is 0.906. The van der Waals surface area contributed by atoms with Gasteiger partial charge in [-0.2, -0.15) is 0 Å². The Labute approximate surface area is 106 Å². The molecular weight excluding hydrogens is 285 g/mol. The Kier molecular flexibility index (Phi) is 3.24. The van der Waals surface area contributed by atoms with Crippen molar-refractivity contribution in [1.82, 2.24) is 0 Å². The second kappa shape index (κ2) is 4.67. The lowest BCUT2D eigenvalue weighted by Gasteiger charge is -2.03. The van der Waals surface area contributed by atoms with Crippen LogP contribution in [0.15, 0.2) is 46.9 Å². The molecule has 2 rings (SSSR count). The van der Waals surface area contributed by atoms with Crippen molar-refractivity contribution in [2.24, 2.45) is 5.73 Å². The van der Waals surface area contributed by atoms with Gasteiger partial charge in [-0.3, -0.25) is 4.79 Å². The molecule has 0 unspecified atom stereocenters. The Morgan fingerprint density at radius 1 is 1.06 bits per heavy atom. The van der Waals surface area contributed by atoms with E-state index in [9.17, 15) is 9.18 Å². The largest absolute Gasteiger partial charge is 0.366 e. The molecule has 2 N–H and O–H groups in total. The lowest BCUT2D eigenvalue weighted by Crippen LogP contribution is -2.10. The topological polar surface area (TPSA) is 43.1 Å². The first-order chi connectivity index (χ1) is 8.08. The fourth-order valence-corrected chi connectivity index (χ4v) is 1.75. The zero-order valence-electron chi connectivity index (χ0n) is 8.78. The monoisotopic (exact) mass is 293 g/mol. The highest BCUT2D eigenvalue weighted by Crippen LogP contribution is 2.24. The van der Waals surface area contributed by atoms with Crippen molar-refractivity contribution in [3.8, 4) is 11.1 Å². The number of hydrogen-bond acceptors (Lipinski definition) is 1. The zero-order valence-corrected chi connectivity index (χ0v) is 10.4. The maximum Gasteiger partial charge on any atom is 0.248 e. The molecule has 2 nitrogen and oxygen atoms in total. The van der Waals surface area contributed by atoms with E-state index in [4.69, 9.17) is 5.73 Å². The van der Waals surface area contributed by atoms with E-state index in [-0.39, 0.29) is 5.82 Å². The molecule has 0 radical (unpaired) electrons.